The number of hydrogen-bond acceptors (Lipinski definition) is 4. The molecule has 0 N–H and O–H groups in total. The third kappa shape index (κ3) is 1.12. The van der Waals surface area contributed by atoms with Crippen molar-refractivity contribution in [1.29, 1.82) is 0 Å². The average molecular weight is 200 g/mol. The van der Waals surface area contributed by atoms with Crippen molar-refractivity contribution in [2.45, 2.75) is 18.4 Å². The van der Waals surface area contributed by atoms with Crippen molar-refractivity contribution < 1.29 is 9.21 Å². The smallest absolute Gasteiger partial charge is 0.235 e. The maximum atomic E-state index is 10.3. The molecule has 0 radical (unpaired) electrons. The molecule has 1 aliphatic rings. The number of nitrogens with zero attached hydrogens (tertiary/aromatic N) is 2. The Kier molecular flexibility index (Phi) is 1.55. The SMILES string of the molecule is O=C=NC1(c2coc3cccnc23)CC1. The van der Waals surface area contributed by atoms with E-state index in [1.54, 1.807) is 18.5 Å². The van der Waals surface area contributed by atoms with E-state index in [0.29, 0.717) is 0 Å². The van der Waals surface area contributed by atoms with Gasteiger partial charge in [-0.3, -0.25) is 4.98 Å². The van der Waals surface area contributed by atoms with E-state index < -0.39 is 5.54 Å². The van der Waals surface area contributed by atoms with E-state index in [-0.39, 0.29) is 0 Å². The molecule has 1 fully saturated rings. The lowest BCUT2D eigenvalue weighted by Crippen LogP contribution is -2.01. The molecule has 1 saturated carbocycles. The Bertz CT molecular complexity index is 563. The van der Waals surface area contributed by atoms with Crippen LogP contribution in [0.15, 0.2) is 34.0 Å². The van der Waals surface area contributed by atoms with Gasteiger partial charge in [0.25, 0.3) is 0 Å². The van der Waals surface area contributed by atoms with Crippen molar-refractivity contribution in [2.75, 3.05) is 0 Å². The van der Waals surface area contributed by atoms with E-state index in [9.17, 15) is 4.79 Å². The summed E-state index contributed by atoms with van der Waals surface area (Å²) in [6, 6.07) is 3.67. The summed E-state index contributed by atoms with van der Waals surface area (Å²) in [4.78, 5) is 18.4. The average Bonchev–Trinajstić information content (AvgIpc) is 2.91. The molecular weight excluding hydrogens is 192 g/mol. The maximum Gasteiger partial charge on any atom is 0.235 e. The van der Waals surface area contributed by atoms with E-state index in [1.807, 2.05) is 12.1 Å². The summed E-state index contributed by atoms with van der Waals surface area (Å²) < 4.78 is 5.37. The van der Waals surface area contributed by atoms with Gasteiger partial charge in [0.15, 0.2) is 5.58 Å². The van der Waals surface area contributed by atoms with Crippen LogP contribution < -0.4 is 0 Å². The lowest BCUT2D eigenvalue weighted by molar-refractivity contribution is 0.554. The molecule has 74 valence electrons. The molecule has 0 unspecified atom stereocenters. The number of pyridine rings is 1. The van der Waals surface area contributed by atoms with E-state index in [4.69, 9.17) is 4.42 Å². The Labute approximate surface area is 85.6 Å². The maximum absolute atomic E-state index is 10.3. The molecule has 4 heteroatoms. The Balaban J connectivity index is 2.24. The van der Waals surface area contributed by atoms with Crippen LogP contribution in [0, 0.1) is 0 Å². The molecule has 0 atom stereocenters. The molecule has 0 saturated heterocycles. The number of hydrogen-bond donors (Lipinski definition) is 0. The second kappa shape index (κ2) is 2.78. The molecule has 2 aromatic rings. The van der Waals surface area contributed by atoms with Gasteiger partial charge in [0.05, 0.1) is 6.26 Å². The first kappa shape index (κ1) is 8.38. The molecule has 0 bridgehead atoms. The number of fused-ring (bicyclic) bond motifs is 1. The van der Waals surface area contributed by atoms with Gasteiger partial charge in [-0.25, -0.2) is 4.79 Å². The van der Waals surface area contributed by atoms with E-state index >= 15 is 0 Å². The van der Waals surface area contributed by atoms with Gasteiger partial charge in [-0.1, -0.05) is 0 Å². The van der Waals surface area contributed by atoms with Gasteiger partial charge in [0, 0.05) is 11.8 Å². The molecule has 2 aromatic heterocycles. The molecule has 2 heterocycles. The fourth-order valence-corrected chi connectivity index (χ4v) is 1.84. The van der Waals surface area contributed by atoms with Crippen molar-refractivity contribution in [3.05, 3.63) is 30.2 Å². The van der Waals surface area contributed by atoms with Crippen LogP contribution in [-0.4, -0.2) is 11.1 Å². The van der Waals surface area contributed by atoms with Crippen LogP contribution in [0.5, 0.6) is 0 Å². The highest BCUT2D eigenvalue weighted by atomic mass is 16.3. The molecule has 0 aliphatic heterocycles. The normalized spacial score (nSPS) is 17.3. The lowest BCUT2D eigenvalue weighted by Gasteiger charge is -2.02. The van der Waals surface area contributed by atoms with Crippen LogP contribution in [-0.2, 0) is 10.3 Å². The zero-order valence-corrected chi connectivity index (χ0v) is 7.93. The molecular formula is C11H8N2O2. The van der Waals surface area contributed by atoms with Gasteiger partial charge in [-0.2, -0.15) is 4.99 Å². The molecule has 1 aliphatic carbocycles. The summed E-state index contributed by atoms with van der Waals surface area (Å²) in [5.74, 6) is 0. The Hall–Kier alpha value is -1.93. The second-order valence-corrected chi connectivity index (χ2v) is 3.73. The number of aliphatic imine (C=N–C) groups is 1. The van der Waals surface area contributed by atoms with E-state index in [1.165, 1.54) is 0 Å². The minimum absolute atomic E-state index is 0.401. The number of aromatic nitrogens is 1. The zero-order valence-electron chi connectivity index (χ0n) is 7.93. The molecule has 0 aromatic carbocycles. The number of carbonyl (C=O) groups excluding carboxylic acids is 1. The molecule has 0 amide bonds. The van der Waals surface area contributed by atoms with Crippen LogP contribution in [0.25, 0.3) is 11.1 Å². The fraction of sp³-hybridized carbons (Fsp3) is 0.273. The molecule has 4 nitrogen and oxygen atoms in total. The van der Waals surface area contributed by atoms with Gasteiger partial charge in [0.1, 0.15) is 11.1 Å². The first-order valence-electron chi connectivity index (χ1n) is 4.77. The van der Waals surface area contributed by atoms with Crippen molar-refractivity contribution in [2.24, 2.45) is 4.99 Å². The van der Waals surface area contributed by atoms with Crippen LogP contribution >= 0.6 is 0 Å². The summed E-state index contributed by atoms with van der Waals surface area (Å²) >= 11 is 0. The first-order chi connectivity index (χ1) is 7.36. The zero-order chi connectivity index (χ0) is 10.3. The summed E-state index contributed by atoms with van der Waals surface area (Å²) in [7, 11) is 0. The van der Waals surface area contributed by atoms with Crippen molar-refractivity contribution in [1.82, 2.24) is 4.98 Å². The largest absolute Gasteiger partial charge is 0.462 e. The highest BCUT2D eigenvalue weighted by Gasteiger charge is 2.47. The van der Waals surface area contributed by atoms with Gasteiger partial charge in [0.2, 0.25) is 6.08 Å². The third-order valence-corrected chi connectivity index (χ3v) is 2.81. The predicted molar refractivity (Wildman–Crippen MR) is 53.0 cm³/mol. The highest BCUT2D eigenvalue weighted by Crippen LogP contribution is 2.51. The summed E-state index contributed by atoms with van der Waals surface area (Å²) in [5, 5.41) is 0. The fourth-order valence-electron chi connectivity index (χ4n) is 1.84. The van der Waals surface area contributed by atoms with E-state index in [0.717, 1.165) is 29.5 Å². The molecule has 0 spiro atoms. The Morgan fingerprint density at radius 1 is 1.53 bits per heavy atom. The molecule has 3 rings (SSSR count). The standard InChI is InChI=1S/C11H8N2O2/c14-7-13-11(3-4-11)8-6-15-9-2-1-5-12-10(8)9/h1-2,5-6H,3-4H2. The summed E-state index contributed by atoms with van der Waals surface area (Å²) in [5.41, 5.74) is 2.04. The van der Waals surface area contributed by atoms with Crippen LogP contribution in [0.3, 0.4) is 0 Å². The van der Waals surface area contributed by atoms with Gasteiger partial charge in [-0.15, -0.1) is 0 Å². The summed E-state index contributed by atoms with van der Waals surface area (Å²) in [6.45, 7) is 0. The van der Waals surface area contributed by atoms with Crippen molar-refractivity contribution >= 4 is 17.2 Å². The lowest BCUT2D eigenvalue weighted by atomic mass is 10.1. The van der Waals surface area contributed by atoms with E-state index in [2.05, 4.69) is 9.98 Å². The topological polar surface area (TPSA) is 55.5 Å². The Morgan fingerprint density at radius 2 is 2.40 bits per heavy atom. The second-order valence-electron chi connectivity index (χ2n) is 3.73. The minimum Gasteiger partial charge on any atom is -0.462 e. The highest BCUT2D eigenvalue weighted by molar-refractivity contribution is 5.78. The molecule has 15 heavy (non-hydrogen) atoms. The number of rotatable bonds is 2. The van der Waals surface area contributed by atoms with Gasteiger partial charge >= 0.3 is 0 Å². The predicted octanol–water partition coefficient (Wildman–Crippen LogP) is 2.15. The quantitative estimate of drug-likeness (QED) is 0.551. The third-order valence-electron chi connectivity index (χ3n) is 2.81. The summed E-state index contributed by atoms with van der Waals surface area (Å²) in [6.07, 6.45) is 6.72. The first-order valence-corrected chi connectivity index (χ1v) is 4.77. The number of isocyanates is 1. The van der Waals surface area contributed by atoms with Crippen molar-refractivity contribution in [3.63, 3.8) is 0 Å². The van der Waals surface area contributed by atoms with Gasteiger partial charge < -0.3 is 4.42 Å². The number of furan rings is 1. The van der Waals surface area contributed by atoms with Crippen LogP contribution in [0.1, 0.15) is 18.4 Å². The van der Waals surface area contributed by atoms with Crippen LogP contribution in [0.2, 0.25) is 0 Å². The van der Waals surface area contributed by atoms with Crippen LogP contribution in [0.4, 0.5) is 0 Å². The minimum atomic E-state index is -0.401. The van der Waals surface area contributed by atoms with Crippen molar-refractivity contribution in [3.8, 4) is 0 Å². The Morgan fingerprint density at radius 3 is 3.13 bits per heavy atom. The monoisotopic (exact) mass is 200 g/mol. The van der Waals surface area contributed by atoms with Gasteiger partial charge in [-0.05, 0) is 25.0 Å².